The van der Waals surface area contributed by atoms with Gasteiger partial charge in [0.15, 0.2) is 13.1 Å². The third kappa shape index (κ3) is 5.01. The molecule has 0 amide bonds. The minimum absolute atomic E-state index is 0.114. The summed E-state index contributed by atoms with van der Waals surface area (Å²) in [5.74, 6) is -1.85. The topological polar surface area (TPSA) is 77.8 Å². The van der Waals surface area contributed by atoms with E-state index in [4.69, 9.17) is 10.2 Å². The first-order valence-electron chi connectivity index (χ1n) is 6.41. The fourth-order valence-electron chi connectivity index (χ4n) is 2.72. The average molecular weight is 259 g/mol. The Bertz CT molecular complexity index is 290. The van der Waals surface area contributed by atoms with Crippen molar-refractivity contribution in [2.45, 2.75) is 25.7 Å². The molecule has 0 unspecified atom stereocenters. The van der Waals surface area contributed by atoms with E-state index in [9.17, 15) is 9.59 Å². The summed E-state index contributed by atoms with van der Waals surface area (Å²) in [6.07, 6.45) is 4.17. The molecule has 0 aromatic heterocycles. The molecule has 6 nitrogen and oxygen atoms in total. The van der Waals surface area contributed by atoms with E-state index in [-0.39, 0.29) is 17.6 Å². The van der Waals surface area contributed by atoms with Gasteiger partial charge in [0.2, 0.25) is 0 Å². The molecule has 1 heterocycles. The quantitative estimate of drug-likeness (QED) is 0.716. The molecule has 1 aliphatic rings. The number of nitrogens with zero attached hydrogens (tertiary/aromatic N) is 2. The van der Waals surface area contributed by atoms with Gasteiger partial charge in [-0.3, -0.25) is 9.38 Å². The minimum Gasteiger partial charge on any atom is -0.477 e. The minimum atomic E-state index is -0.927. The monoisotopic (exact) mass is 259 g/mol. The Balaban J connectivity index is 2.85. The summed E-state index contributed by atoms with van der Waals surface area (Å²) >= 11 is 0. The predicted molar refractivity (Wildman–Crippen MR) is 66.1 cm³/mol. The molecule has 1 fully saturated rings. The fourth-order valence-corrected chi connectivity index (χ4v) is 2.72. The number of carboxylic acids is 2. The number of carboxylic acid groups (broad SMARTS) is 2. The fraction of sp³-hybridized carbons (Fsp3) is 0.833. The molecule has 0 aromatic carbocycles. The highest BCUT2D eigenvalue weighted by Gasteiger charge is 2.34. The van der Waals surface area contributed by atoms with Crippen molar-refractivity contribution in [3.8, 4) is 0 Å². The summed E-state index contributed by atoms with van der Waals surface area (Å²) in [5, 5.41) is 18.1. The van der Waals surface area contributed by atoms with E-state index in [1.54, 1.807) is 0 Å². The van der Waals surface area contributed by atoms with Gasteiger partial charge < -0.3 is 10.2 Å². The normalized spacial score (nSPS) is 21.6. The van der Waals surface area contributed by atoms with Crippen molar-refractivity contribution in [3.63, 3.8) is 0 Å². The smallest absolute Gasteiger partial charge is 0.359 e. The largest absolute Gasteiger partial charge is 0.477 e. The summed E-state index contributed by atoms with van der Waals surface area (Å²) in [6, 6.07) is 0. The van der Waals surface area contributed by atoms with Crippen molar-refractivity contribution in [1.29, 1.82) is 0 Å². The summed E-state index contributed by atoms with van der Waals surface area (Å²) < 4.78 is 0.126. The molecule has 0 aromatic rings. The van der Waals surface area contributed by atoms with Crippen LogP contribution >= 0.6 is 0 Å². The van der Waals surface area contributed by atoms with E-state index >= 15 is 0 Å². The number of hydrogen-bond donors (Lipinski definition) is 2. The van der Waals surface area contributed by atoms with Crippen molar-refractivity contribution in [2.24, 2.45) is 0 Å². The number of hydrogen-bond acceptors (Lipinski definition) is 3. The molecule has 0 bridgehead atoms. The lowest BCUT2D eigenvalue weighted by Crippen LogP contribution is -2.58. The standard InChI is InChI=1S/C12H22N2O4/c1-13-6-4-2-3-5-7-14(10-13,8-11(15)16)9-12(17)18/h2-10H2,1H3,(H-,15,16,17,18)/p+1. The van der Waals surface area contributed by atoms with Crippen molar-refractivity contribution in [1.82, 2.24) is 4.90 Å². The summed E-state index contributed by atoms with van der Waals surface area (Å²) in [5.41, 5.74) is 0. The first-order valence-corrected chi connectivity index (χ1v) is 6.41. The number of quaternary nitrogens is 1. The van der Waals surface area contributed by atoms with Crippen LogP contribution < -0.4 is 0 Å². The van der Waals surface area contributed by atoms with Crippen LogP contribution in [0.5, 0.6) is 0 Å². The Hall–Kier alpha value is -1.14. The highest BCUT2D eigenvalue weighted by atomic mass is 16.4. The van der Waals surface area contributed by atoms with Gasteiger partial charge in [-0.05, 0) is 26.3 Å². The lowest BCUT2D eigenvalue weighted by molar-refractivity contribution is -0.923. The van der Waals surface area contributed by atoms with E-state index in [1.165, 1.54) is 0 Å². The molecular formula is C12H23N2O4+. The number of rotatable bonds is 4. The summed E-state index contributed by atoms with van der Waals surface area (Å²) in [6.45, 7) is 1.80. The maximum absolute atomic E-state index is 11.0. The molecule has 0 saturated carbocycles. The SMILES string of the molecule is CN1CCCCCC[N+](CC(=O)O)(CC(=O)O)C1. The zero-order valence-electron chi connectivity index (χ0n) is 11.0. The highest BCUT2D eigenvalue weighted by Crippen LogP contribution is 2.15. The van der Waals surface area contributed by atoms with Crippen LogP contribution in [0.25, 0.3) is 0 Å². The van der Waals surface area contributed by atoms with Crippen LogP contribution in [-0.4, -0.2) is 71.4 Å². The first-order chi connectivity index (χ1) is 8.43. The second-order valence-electron chi connectivity index (χ2n) is 5.30. The zero-order valence-corrected chi connectivity index (χ0v) is 11.0. The third-order valence-corrected chi connectivity index (χ3v) is 3.41. The molecule has 0 spiro atoms. The molecule has 18 heavy (non-hydrogen) atoms. The van der Waals surface area contributed by atoms with Crippen LogP contribution in [0.1, 0.15) is 25.7 Å². The van der Waals surface area contributed by atoms with Crippen LogP contribution in [0, 0.1) is 0 Å². The Labute approximate surface area is 107 Å². The molecule has 1 rings (SSSR count). The first kappa shape index (κ1) is 14.9. The van der Waals surface area contributed by atoms with Gasteiger partial charge in [-0.2, -0.15) is 0 Å². The maximum Gasteiger partial charge on any atom is 0.359 e. The van der Waals surface area contributed by atoms with Gasteiger partial charge in [0.25, 0.3) is 0 Å². The zero-order chi connectivity index (χ0) is 13.6. The maximum atomic E-state index is 11.0. The van der Waals surface area contributed by atoms with Crippen molar-refractivity contribution in [2.75, 3.05) is 39.9 Å². The molecule has 1 saturated heterocycles. The van der Waals surface area contributed by atoms with Crippen molar-refractivity contribution < 1.29 is 24.3 Å². The predicted octanol–water partition coefficient (Wildman–Crippen LogP) is 0.436. The van der Waals surface area contributed by atoms with Crippen LogP contribution in [0.3, 0.4) is 0 Å². The van der Waals surface area contributed by atoms with Crippen molar-refractivity contribution in [3.05, 3.63) is 0 Å². The molecular weight excluding hydrogens is 236 g/mol. The van der Waals surface area contributed by atoms with Gasteiger partial charge in [0.1, 0.15) is 6.67 Å². The third-order valence-electron chi connectivity index (χ3n) is 3.41. The van der Waals surface area contributed by atoms with Gasteiger partial charge in [-0.15, -0.1) is 0 Å². The number of carbonyl (C=O) groups is 2. The summed E-state index contributed by atoms with van der Waals surface area (Å²) in [7, 11) is 1.93. The van der Waals surface area contributed by atoms with Crippen LogP contribution in [0.2, 0.25) is 0 Å². The van der Waals surface area contributed by atoms with Crippen LogP contribution in [-0.2, 0) is 9.59 Å². The highest BCUT2D eigenvalue weighted by molar-refractivity contribution is 5.70. The molecule has 6 heteroatoms. The van der Waals surface area contributed by atoms with Crippen LogP contribution in [0.4, 0.5) is 0 Å². The second-order valence-corrected chi connectivity index (χ2v) is 5.30. The molecule has 0 radical (unpaired) electrons. The van der Waals surface area contributed by atoms with E-state index in [0.717, 1.165) is 32.2 Å². The average Bonchev–Trinajstić information content (AvgIpc) is 2.27. The molecule has 0 aliphatic carbocycles. The van der Waals surface area contributed by atoms with E-state index in [0.29, 0.717) is 13.2 Å². The lowest BCUT2D eigenvalue weighted by Gasteiger charge is -2.38. The Kier molecular flexibility index (Phi) is 5.55. The second kappa shape index (κ2) is 6.70. The van der Waals surface area contributed by atoms with Gasteiger partial charge in [-0.1, -0.05) is 6.42 Å². The summed E-state index contributed by atoms with van der Waals surface area (Å²) in [4.78, 5) is 24.1. The Morgan fingerprint density at radius 2 is 1.61 bits per heavy atom. The molecule has 104 valence electrons. The van der Waals surface area contributed by atoms with E-state index in [1.807, 2.05) is 7.05 Å². The van der Waals surface area contributed by atoms with Gasteiger partial charge in [0, 0.05) is 6.54 Å². The van der Waals surface area contributed by atoms with Gasteiger partial charge in [-0.25, -0.2) is 9.59 Å². The van der Waals surface area contributed by atoms with E-state index in [2.05, 4.69) is 4.90 Å². The van der Waals surface area contributed by atoms with Gasteiger partial charge in [0.05, 0.1) is 6.54 Å². The van der Waals surface area contributed by atoms with Gasteiger partial charge >= 0.3 is 11.9 Å². The Morgan fingerprint density at radius 3 is 2.17 bits per heavy atom. The lowest BCUT2D eigenvalue weighted by atomic mass is 10.2. The molecule has 1 aliphatic heterocycles. The van der Waals surface area contributed by atoms with Crippen molar-refractivity contribution >= 4 is 11.9 Å². The molecule has 2 N–H and O–H groups in total. The molecule has 0 atom stereocenters. The Morgan fingerprint density at radius 1 is 1.06 bits per heavy atom. The van der Waals surface area contributed by atoms with E-state index < -0.39 is 11.9 Å². The number of aliphatic carboxylic acids is 2. The van der Waals surface area contributed by atoms with Crippen LogP contribution in [0.15, 0.2) is 0 Å².